The topological polar surface area (TPSA) is 231 Å². The third-order valence-electron chi connectivity index (χ3n) is 6.69. The lowest BCUT2D eigenvalue weighted by molar-refractivity contribution is -0.142. The molecule has 3 rings (SSSR count). The molecule has 0 saturated carbocycles. The molecule has 0 spiro atoms. The van der Waals surface area contributed by atoms with Gasteiger partial charge in [0.15, 0.2) is 5.96 Å². The van der Waals surface area contributed by atoms with Crippen molar-refractivity contribution in [1.29, 1.82) is 0 Å². The largest absolute Gasteiger partial charge is 0.480 e. The van der Waals surface area contributed by atoms with E-state index in [2.05, 4.69) is 25.9 Å². The number of carbonyl (C=O) groups excluding carboxylic acids is 3. The number of aromatic amines is 1. The Morgan fingerprint density at radius 2 is 1.55 bits per heavy atom. The van der Waals surface area contributed by atoms with E-state index in [4.69, 9.17) is 17.2 Å². The first-order chi connectivity index (χ1) is 20.0. The highest BCUT2D eigenvalue weighted by atomic mass is 16.4. The number of nitrogens with one attached hydrogen (secondary N) is 4. The Balaban J connectivity index is 1.72. The molecule has 0 saturated heterocycles. The highest BCUT2D eigenvalue weighted by Gasteiger charge is 2.29. The molecule has 4 unspecified atom stereocenters. The minimum atomic E-state index is -1.23. The summed E-state index contributed by atoms with van der Waals surface area (Å²) in [5, 5.41) is 18.5. The Labute approximate surface area is 243 Å². The molecule has 13 nitrogen and oxygen atoms in total. The van der Waals surface area contributed by atoms with Crippen LogP contribution in [0.5, 0.6) is 0 Å². The summed E-state index contributed by atoms with van der Waals surface area (Å²) < 4.78 is 0. The van der Waals surface area contributed by atoms with E-state index in [1.165, 1.54) is 6.92 Å². The van der Waals surface area contributed by atoms with Crippen molar-refractivity contribution in [3.05, 3.63) is 71.9 Å². The molecule has 11 N–H and O–H groups in total. The average molecular weight is 579 g/mol. The lowest BCUT2D eigenvalue weighted by Crippen LogP contribution is -2.57. The van der Waals surface area contributed by atoms with E-state index < -0.39 is 47.9 Å². The predicted octanol–water partition coefficient (Wildman–Crippen LogP) is -0.107. The number of benzene rings is 2. The third kappa shape index (κ3) is 9.34. The molecular formula is C29H38N8O5. The van der Waals surface area contributed by atoms with Crippen molar-refractivity contribution in [2.24, 2.45) is 22.2 Å². The number of carboxylic acid groups (broad SMARTS) is 1. The van der Waals surface area contributed by atoms with Gasteiger partial charge >= 0.3 is 5.97 Å². The minimum Gasteiger partial charge on any atom is -0.480 e. The van der Waals surface area contributed by atoms with Gasteiger partial charge in [0, 0.05) is 36.5 Å². The number of hydrogen-bond acceptors (Lipinski definition) is 6. The lowest BCUT2D eigenvalue weighted by Gasteiger charge is -2.24. The van der Waals surface area contributed by atoms with Gasteiger partial charge in [0.05, 0.1) is 6.04 Å². The van der Waals surface area contributed by atoms with Gasteiger partial charge in [-0.25, -0.2) is 4.79 Å². The zero-order valence-electron chi connectivity index (χ0n) is 23.4. The monoisotopic (exact) mass is 578 g/mol. The Kier molecular flexibility index (Phi) is 11.4. The van der Waals surface area contributed by atoms with E-state index in [0.717, 1.165) is 22.0 Å². The molecule has 2 aromatic carbocycles. The summed E-state index contributed by atoms with van der Waals surface area (Å²) in [5.41, 5.74) is 18.8. The first kappa shape index (κ1) is 31.6. The van der Waals surface area contributed by atoms with Crippen molar-refractivity contribution >= 4 is 40.6 Å². The van der Waals surface area contributed by atoms with Crippen LogP contribution in [0.15, 0.2) is 65.8 Å². The SMILES string of the molecule is CC(NC(=O)C(N)CCCN=C(N)N)C(=O)NC(Cc1c[nH]c2ccccc12)C(=O)NC(Cc1ccccc1)C(=O)O. The summed E-state index contributed by atoms with van der Waals surface area (Å²) in [6, 6.07) is 12.1. The predicted molar refractivity (Wildman–Crippen MR) is 159 cm³/mol. The molecule has 1 aromatic heterocycles. The standard InChI is InChI=1S/C29H38N8O5/c1-17(35-26(39)21(30)11-7-13-33-29(31)32)25(38)36-23(15-19-16-34-22-12-6-5-10-20(19)22)27(40)37-24(28(41)42)14-18-8-3-2-4-9-18/h2-6,8-10,12,16-17,21,23-24,34H,7,11,13-15,30H2,1H3,(H,35,39)(H,36,38)(H,37,40)(H,41,42)(H4,31,32,33). The number of amides is 3. The second-order valence-electron chi connectivity index (χ2n) is 10.00. The van der Waals surface area contributed by atoms with Crippen molar-refractivity contribution in [2.45, 2.75) is 56.8 Å². The summed E-state index contributed by atoms with van der Waals surface area (Å²) in [4.78, 5) is 58.1. The molecule has 4 atom stereocenters. The lowest BCUT2D eigenvalue weighted by atomic mass is 10.0. The van der Waals surface area contributed by atoms with Crippen LogP contribution in [0.3, 0.4) is 0 Å². The van der Waals surface area contributed by atoms with Gasteiger partial charge in [0.25, 0.3) is 0 Å². The van der Waals surface area contributed by atoms with Crippen molar-refractivity contribution < 1.29 is 24.3 Å². The Morgan fingerprint density at radius 3 is 2.24 bits per heavy atom. The molecule has 3 aromatic rings. The molecule has 0 radical (unpaired) electrons. The Morgan fingerprint density at radius 1 is 0.881 bits per heavy atom. The van der Waals surface area contributed by atoms with Crippen molar-refractivity contribution in [3.63, 3.8) is 0 Å². The Hall–Kier alpha value is -4.91. The van der Waals surface area contributed by atoms with E-state index in [1.54, 1.807) is 30.5 Å². The number of hydrogen-bond donors (Lipinski definition) is 8. The van der Waals surface area contributed by atoms with Crippen LogP contribution in [-0.4, -0.2) is 70.5 Å². The highest BCUT2D eigenvalue weighted by Crippen LogP contribution is 2.19. The molecule has 42 heavy (non-hydrogen) atoms. The van der Waals surface area contributed by atoms with Crippen molar-refractivity contribution in [2.75, 3.05) is 6.54 Å². The second-order valence-corrected chi connectivity index (χ2v) is 10.00. The zero-order chi connectivity index (χ0) is 30.6. The molecule has 0 fully saturated rings. The van der Waals surface area contributed by atoms with Crippen molar-refractivity contribution in [3.8, 4) is 0 Å². The number of aliphatic imine (C=N–C) groups is 1. The number of guanidine groups is 1. The summed E-state index contributed by atoms with van der Waals surface area (Å²) in [6.45, 7) is 1.78. The first-order valence-corrected chi connectivity index (χ1v) is 13.6. The Bertz CT molecular complexity index is 1400. The zero-order valence-corrected chi connectivity index (χ0v) is 23.4. The third-order valence-corrected chi connectivity index (χ3v) is 6.69. The summed E-state index contributed by atoms with van der Waals surface area (Å²) >= 11 is 0. The van der Waals surface area contributed by atoms with E-state index in [1.807, 2.05) is 30.3 Å². The molecule has 0 aliphatic heterocycles. The number of para-hydroxylation sites is 1. The molecule has 3 amide bonds. The van der Waals surface area contributed by atoms with Crippen LogP contribution in [0.25, 0.3) is 10.9 Å². The van der Waals surface area contributed by atoms with Gasteiger partial charge in [-0.2, -0.15) is 0 Å². The van der Waals surface area contributed by atoms with Crippen LogP contribution >= 0.6 is 0 Å². The average Bonchev–Trinajstić information content (AvgIpc) is 3.37. The fraction of sp³-hybridized carbons (Fsp3) is 0.345. The van der Waals surface area contributed by atoms with Crippen molar-refractivity contribution in [1.82, 2.24) is 20.9 Å². The summed E-state index contributed by atoms with van der Waals surface area (Å²) in [5.74, 6) is -3.12. The smallest absolute Gasteiger partial charge is 0.326 e. The van der Waals surface area contributed by atoms with Gasteiger partial charge < -0.3 is 43.2 Å². The normalized spacial score (nSPS) is 13.8. The number of carboxylic acids is 1. The van der Waals surface area contributed by atoms with E-state index >= 15 is 0 Å². The molecule has 0 aliphatic carbocycles. The van der Waals surface area contributed by atoms with Gasteiger partial charge in [0.2, 0.25) is 17.7 Å². The highest BCUT2D eigenvalue weighted by molar-refractivity contribution is 5.94. The van der Waals surface area contributed by atoms with Crippen LogP contribution in [-0.2, 0) is 32.0 Å². The molecular weight excluding hydrogens is 540 g/mol. The number of aromatic nitrogens is 1. The first-order valence-electron chi connectivity index (χ1n) is 13.6. The molecule has 13 heteroatoms. The van der Waals surface area contributed by atoms with Crippen LogP contribution in [0.1, 0.15) is 30.9 Å². The van der Waals surface area contributed by atoms with Gasteiger partial charge in [-0.05, 0) is 37.0 Å². The quantitative estimate of drug-likeness (QED) is 0.0687. The van der Waals surface area contributed by atoms with Crippen LogP contribution in [0, 0.1) is 0 Å². The maximum Gasteiger partial charge on any atom is 0.326 e. The fourth-order valence-corrected chi connectivity index (χ4v) is 4.39. The molecule has 1 heterocycles. The second kappa shape index (κ2) is 15.2. The van der Waals surface area contributed by atoms with Crippen LogP contribution in [0.2, 0.25) is 0 Å². The van der Waals surface area contributed by atoms with Crippen LogP contribution in [0.4, 0.5) is 0 Å². The number of aliphatic carboxylic acids is 1. The van der Waals surface area contributed by atoms with Crippen LogP contribution < -0.4 is 33.2 Å². The summed E-state index contributed by atoms with van der Waals surface area (Å²) in [6.07, 6.45) is 2.63. The van der Waals surface area contributed by atoms with Gasteiger partial charge in [-0.3, -0.25) is 19.4 Å². The van der Waals surface area contributed by atoms with Gasteiger partial charge in [-0.15, -0.1) is 0 Å². The van der Waals surface area contributed by atoms with E-state index in [0.29, 0.717) is 19.4 Å². The maximum absolute atomic E-state index is 13.5. The minimum absolute atomic E-state index is 0.0562. The molecule has 0 aliphatic rings. The van der Waals surface area contributed by atoms with Gasteiger partial charge in [-0.1, -0.05) is 48.5 Å². The van der Waals surface area contributed by atoms with Gasteiger partial charge in [0.1, 0.15) is 18.1 Å². The molecule has 224 valence electrons. The fourth-order valence-electron chi connectivity index (χ4n) is 4.39. The van der Waals surface area contributed by atoms with E-state index in [9.17, 15) is 24.3 Å². The number of nitrogens with two attached hydrogens (primary N) is 3. The number of H-pyrrole nitrogens is 1. The molecule has 0 bridgehead atoms. The van der Waals surface area contributed by atoms with E-state index in [-0.39, 0.29) is 18.8 Å². The number of fused-ring (bicyclic) bond motifs is 1. The maximum atomic E-state index is 13.5. The number of rotatable bonds is 15. The summed E-state index contributed by atoms with van der Waals surface area (Å²) in [7, 11) is 0. The number of nitrogens with zero attached hydrogens (tertiary/aromatic N) is 1. The number of carbonyl (C=O) groups is 4.